The van der Waals surface area contributed by atoms with Gasteiger partial charge in [0.15, 0.2) is 0 Å². The highest BCUT2D eigenvalue weighted by atomic mass is 19.1. The number of aromatic nitrogens is 2. The molecule has 1 aliphatic rings. The predicted molar refractivity (Wildman–Crippen MR) is 128 cm³/mol. The normalized spacial score (nSPS) is 14.4. The Kier molecular flexibility index (Phi) is 5.88. The fraction of sp³-hybridized carbons (Fsp3) is 0.269. The van der Waals surface area contributed by atoms with Gasteiger partial charge in [-0.15, -0.1) is 0 Å². The Morgan fingerprint density at radius 2 is 1.82 bits per heavy atom. The second kappa shape index (κ2) is 9.13. The summed E-state index contributed by atoms with van der Waals surface area (Å²) >= 11 is 0. The predicted octanol–water partition coefficient (Wildman–Crippen LogP) is 4.74. The van der Waals surface area contributed by atoms with Crippen LogP contribution in [0.2, 0.25) is 0 Å². The van der Waals surface area contributed by atoms with E-state index in [-0.39, 0.29) is 17.8 Å². The van der Waals surface area contributed by atoms with Crippen molar-refractivity contribution in [2.75, 3.05) is 25.1 Å². The number of amides is 1. The monoisotopic (exact) mass is 460 g/mol. The lowest BCUT2D eigenvalue weighted by atomic mass is 10.0. The average molecular weight is 461 g/mol. The van der Waals surface area contributed by atoms with Crippen molar-refractivity contribution in [3.8, 4) is 17.0 Å². The van der Waals surface area contributed by atoms with Gasteiger partial charge in [-0.2, -0.15) is 0 Å². The molecule has 174 valence electrons. The van der Waals surface area contributed by atoms with E-state index in [0.717, 1.165) is 37.4 Å². The molecule has 3 heterocycles. The first-order valence-electron chi connectivity index (χ1n) is 11.2. The molecular weight excluding hydrogens is 435 g/mol. The van der Waals surface area contributed by atoms with Crippen LogP contribution in [0.15, 0.2) is 59.1 Å². The minimum Gasteiger partial charge on any atom is -0.497 e. The summed E-state index contributed by atoms with van der Waals surface area (Å²) < 4.78 is 24.0. The molecule has 1 N–H and O–H groups in total. The van der Waals surface area contributed by atoms with E-state index in [1.54, 1.807) is 32.2 Å². The molecule has 0 spiro atoms. The van der Waals surface area contributed by atoms with Crippen LogP contribution in [0.3, 0.4) is 0 Å². The molecular formula is C26H25FN4O3. The van der Waals surface area contributed by atoms with Gasteiger partial charge in [0.2, 0.25) is 0 Å². The molecule has 0 aliphatic carbocycles. The van der Waals surface area contributed by atoms with Crippen molar-refractivity contribution in [1.82, 2.24) is 15.5 Å². The molecule has 1 amide bonds. The van der Waals surface area contributed by atoms with E-state index in [2.05, 4.69) is 32.5 Å². The number of nitrogens with one attached hydrogen (secondary N) is 1. The third kappa shape index (κ3) is 4.31. The number of benzene rings is 2. The van der Waals surface area contributed by atoms with Crippen LogP contribution in [-0.2, 0) is 0 Å². The molecule has 34 heavy (non-hydrogen) atoms. The summed E-state index contributed by atoms with van der Waals surface area (Å²) in [7, 11) is 1.66. The summed E-state index contributed by atoms with van der Waals surface area (Å²) in [6, 6.07) is 15.8. The topological polar surface area (TPSA) is 80.5 Å². The average Bonchev–Trinajstić information content (AvgIpc) is 3.25. The maximum absolute atomic E-state index is 13.4. The van der Waals surface area contributed by atoms with Gasteiger partial charge in [-0.3, -0.25) is 4.79 Å². The van der Waals surface area contributed by atoms with Crippen LogP contribution < -0.4 is 15.0 Å². The Hall–Kier alpha value is -3.94. The molecule has 8 heteroatoms. The second-order valence-corrected chi connectivity index (χ2v) is 8.44. The highest BCUT2D eigenvalue weighted by molar-refractivity contribution is 6.07. The Morgan fingerprint density at radius 3 is 2.50 bits per heavy atom. The number of ether oxygens (including phenoxy) is 1. The summed E-state index contributed by atoms with van der Waals surface area (Å²) in [5.74, 6) is 0.308. The second-order valence-electron chi connectivity index (χ2n) is 8.44. The number of fused-ring (bicyclic) bond motifs is 1. The fourth-order valence-corrected chi connectivity index (χ4v) is 4.38. The highest BCUT2D eigenvalue weighted by Gasteiger charge is 2.24. The molecule has 2 aromatic carbocycles. The molecule has 5 rings (SSSR count). The van der Waals surface area contributed by atoms with E-state index in [1.807, 2.05) is 12.1 Å². The summed E-state index contributed by atoms with van der Waals surface area (Å²) in [4.78, 5) is 20.1. The Labute approximate surface area is 196 Å². The van der Waals surface area contributed by atoms with Gasteiger partial charge in [0.25, 0.3) is 11.6 Å². The minimum absolute atomic E-state index is 0.0552. The molecule has 1 saturated heterocycles. The van der Waals surface area contributed by atoms with Crippen LogP contribution in [0, 0.1) is 12.7 Å². The standard InChI is InChI=1S/C26H25FN4O3/c1-16-24-22(15-23(29-26(24)34-30-16)17-3-5-18(27)6-4-17)25(32)28-19-11-13-31(14-12-19)20-7-9-21(33-2)10-8-20/h3-10,15,19H,11-14H2,1-2H3,(H,28,32). The zero-order valence-electron chi connectivity index (χ0n) is 19.0. The van der Waals surface area contributed by atoms with E-state index >= 15 is 0 Å². The number of carbonyl (C=O) groups is 1. The molecule has 4 aromatic rings. The molecule has 1 fully saturated rings. The zero-order valence-corrected chi connectivity index (χ0v) is 19.0. The van der Waals surface area contributed by atoms with Crippen molar-refractivity contribution in [2.45, 2.75) is 25.8 Å². The molecule has 0 atom stereocenters. The molecule has 2 aromatic heterocycles. The Morgan fingerprint density at radius 1 is 1.12 bits per heavy atom. The quantitative estimate of drug-likeness (QED) is 0.463. The van der Waals surface area contributed by atoms with Crippen molar-refractivity contribution >= 4 is 22.7 Å². The number of hydrogen-bond acceptors (Lipinski definition) is 6. The van der Waals surface area contributed by atoms with Crippen LogP contribution in [0.4, 0.5) is 10.1 Å². The van der Waals surface area contributed by atoms with Crippen molar-refractivity contribution in [1.29, 1.82) is 0 Å². The maximum atomic E-state index is 13.4. The molecule has 0 saturated carbocycles. The van der Waals surface area contributed by atoms with Gasteiger partial charge in [0, 0.05) is 30.4 Å². The summed E-state index contributed by atoms with van der Waals surface area (Å²) in [6.45, 7) is 3.47. The first-order chi connectivity index (χ1) is 16.5. The summed E-state index contributed by atoms with van der Waals surface area (Å²) in [6.07, 6.45) is 1.67. The number of halogens is 1. The molecule has 1 aliphatic heterocycles. The van der Waals surface area contributed by atoms with E-state index < -0.39 is 0 Å². The number of carbonyl (C=O) groups excluding carboxylic acids is 1. The number of methoxy groups -OCH3 is 1. The molecule has 0 radical (unpaired) electrons. The number of rotatable bonds is 5. The Bertz CT molecular complexity index is 1310. The molecule has 0 unspecified atom stereocenters. The zero-order chi connectivity index (χ0) is 23.7. The van der Waals surface area contributed by atoms with Crippen molar-refractivity contribution < 1.29 is 18.4 Å². The van der Waals surface area contributed by atoms with Gasteiger partial charge >= 0.3 is 0 Å². The summed E-state index contributed by atoms with van der Waals surface area (Å²) in [5.41, 5.74) is 3.72. The van der Waals surface area contributed by atoms with Crippen LogP contribution in [-0.4, -0.2) is 42.3 Å². The van der Waals surface area contributed by atoms with Gasteiger partial charge in [0.1, 0.15) is 11.6 Å². The third-order valence-corrected chi connectivity index (χ3v) is 6.27. The molecule has 0 bridgehead atoms. The first kappa shape index (κ1) is 21.9. The number of piperidine rings is 1. The van der Waals surface area contributed by atoms with Crippen LogP contribution >= 0.6 is 0 Å². The van der Waals surface area contributed by atoms with Gasteiger partial charge in [-0.25, -0.2) is 9.37 Å². The van der Waals surface area contributed by atoms with Crippen LogP contribution in [0.5, 0.6) is 5.75 Å². The van der Waals surface area contributed by atoms with Gasteiger partial charge in [-0.05, 0) is 74.4 Å². The summed E-state index contributed by atoms with van der Waals surface area (Å²) in [5, 5.41) is 7.77. The highest BCUT2D eigenvalue weighted by Crippen LogP contribution is 2.28. The van der Waals surface area contributed by atoms with E-state index in [1.165, 1.54) is 12.1 Å². The van der Waals surface area contributed by atoms with Crippen molar-refractivity contribution in [2.24, 2.45) is 0 Å². The van der Waals surface area contributed by atoms with E-state index in [0.29, 0.717) is 33.6 Å². The first-order valence-corrected chi connectivity index (χ1v) is 11.2. The van der Waals surface area contributed by atoms with Crippen molar-refractivity contribution in [3.05, 3.63) is 71.7 Å². The smallest absolute Gasteiger partial charge is 0.259 e. The van der Waals surface area contributed by atoms with Crippen LogP contribution in [0.1, 0.15) is 28.9 Å². The van der Waals surface area contributed by atoms with Crippen molar-refractivity contribution in [3.63, 3.8) is 0 Å². The number of aryl methyl sites for hydroxylation is 1. The lowest BCUT2D eigenvalue weighted by Crippen LogP contribution is -2.44. The minimum atomic E-state index is -0.334. The lowest BCUT2D eigenvalue weighted by Gasteiger charge is -2.34. The number of pyridine rings is 1. The third-order valence-electron chi connectivity index (χ3n) is 6.27. The van der Waals surface area contributed by atoms with E-state index in [4.69, 9.17) is 9.26 Å². The number of nitrogens with zero attached hydrogens (tertiary/aromatic N) is 3. The fourth-order valence-electron chi connectivity index (χ4n) is 4.38. The molecule has 7 nitrogen and oxygen atoms in total. The SMILES string of the molecule is COc1ccc(N2CCC(NC(=O)c3cc(-c4ccc(F)cc4)nc4onc(C)c34)CC2)cc1. The largest absolute Gasteiger partial charge is 0.497 e. The number of hydrogen-bond donors (Lipinski definition) is 1. The maximum Gasteiger partial charge on any atom is 0.259 e. The van der Waals surface area contributed by atoms with Gasteiger partial charge in [0.05, 0.1) is 29.4 Å². The van der Waals surface area contributed by atoms with Gasteiger partial charge in [-0.1, -0.05) is 5.16 Å². The Balaban J connectivity index is 1.33. The van der Waals surface area contributed by atoms with Gasteiger partial charge < -0.3 is 19.5 Å². The lowest BCUT2D eigenvalue weighted by molar-refractivity contribution is 0.0932. The number of anilines is 1. The van der Waals surface area contributed by atoms with Crippen LogP contribution in [0.25, 0.3) is 22.4 Å². The van der Waals surface area contributed by atoms with E-state index in [9.17, 15) is 9.18 Å².